The number of hydrogen-bond donors (Lipinski definition) is 1. The van der Waals surface area contributed by atoms with Crippen LogP contribution in [0, 0.1) is 0 Å². The molecule has 0 aliphatic carbocycles. The van der Waals surface area contributed by atoms with Crippen LogP contribution < -0.4 is 5.73 Å². The van der Waals surface area contributed by atoms with Crippen LogP contribution in [-0.2, 0) is 13.0 Å². The van der Waals surface area contributed by atoms with Gasteiger partial charge in [0.25, 0.3) is 0 Å². The molecule has 90 valence electrons. The first kappa shape index (κ1) is 11.6. The Balaban J connectivity index is 1.96. The number of nitrogens with zero attached hydrogens (tertiary/aromatic N) is 2. The van der Waals surface area contributed by atoms with Gasteiger partial charge in [0.05, 0.1) is 5.69 Å². The molecule has 1 aliphatic heterocycles. The summed E-state index contributed by atoms with van der Waals surface area (Å²) in [4.78, 5) is 2.54. The van der Waals surface area contributed by atoms with Crippen LogP contribution in [0.4, 0.5) is 0 Å². The van der Waals surface area contributed by atoms with Crippen molar-refractivity contribution < 1.29 is 4.52 Å². The number of likely N-dealkylation sites (tertiary alicyclic amines) is 1. The van der Waals surface area contributed by atoms with Crippen molar-refractivity contribution in [1.82, 2.24) is 10.1 Å². The van der Waals surface area contributed by atoms with E-state index < -0.39 is 0 Å². The summed E-state index contributed by atoms with van der Waals surface area (Å²) in [5, 5.41) is 3.93. The van der Waals surface area contributed by atoms with Gasteiger partial charge in [-0.2, -0.15) is 0 Å². The third-order valence-electron chi connectivity index (χ3n) is 3.41. The molecule has 16 heavy (non-hydrogen) atoms. The normalized spacial score (nSPS) is 22.5. The minimum atomic E-state index is 0.464. The zero-order valence-electron chi connectivity index (χ0n) is 9.98. The van der Waals surface area contributed by atoms with E-state index in [4.69, 9.17) is 10.3 Å². The highest BCUT2D eigenvalue weighted by atomic mass is 16.5. The van der Waals surface area contributed by atoms with Gasteiger partial charge in [-0.25, -0.2) is 0 Å². The smallest absolute Gasteiger partial charge is 0.138 e. The zero-order valence-corrected chi connectivity index (χ0v) is 9.98. The molecule has 1 aromatic rings. The minimum absolute atomic E-state index is 0.464. The average Bonchev–Trinajstić information content (AvgIpc) is 2.77. The van der Waals surface area contributed by atoms with Crippen LogP contribution >= 0.6 is 0 Å². The second-order valence-electron chi connectivity index (χ2n) is 4.47. The van der Waals surface area contributed by atoms with Crippen molar-refractivity contribution in [3.63, 3.8) is 0 Å². The van der Waals surface area contributed by atoms with Crippen LogP contribution in [0.15, 0.2) is 10.6 Å². The maximum absolute atomic E-state index is 5.52. The lowest BCUT2D eigenvalue weighted by Gasteiger charge is -2.34. The summed E-state index contributed by atoms with van der Waals surface area (Å²) < 4.78 is 5.29. The summed E-state index contributed by atoms with van der Waals surface area (Å²) in [7, 11) is 0. The van der Waals surface area contributed by atoms with Crippen LogP contribution in [0.25, 0.3) is 0 Å². The maximum Gasteiger partial charge on any atom is 0.138 e. The number of aromatic nitrogens is 1. The standard InChI is InChI=1S/C12H21N3O/c1-2-15-6-4-3-5-11(15)8-12-7-10(9-13)14-16-12/h7,11H,2-6,8-9,13H2,1H3. The Morgan fingerprint density at radius 1 is 1.56 bits per heavy atom. The SMILES string of the molecule is CCN1CCCCC1Cc1cc(CN)no1. The van der Waals surface area contributed by atoms with E-state index in [0.717, 1.165) is 24.4 Å². The molecule has 2 rings (SSSR count). The highest BCUT2D eigenvalue weighted by Gasteiger charge is 2.22. The largest absolute Gasteiger partial charge is 0.361 e. The molecule has 0 bridgehead atoms. The molecule has 0 saturated carbocycles. The van der Waals surface area contributed by atoms with Crippen molar-refractivity contribution in [2.75, 3.05) is 13.1 Å². The second kappa shape index (κ2) is 5.46. The number of nitrogens with two attached hydrogens (primary N) is 1. The fraction of sp³-hybridized carbons (Fsp3) is 0.750. The maximum atomic E-state index is 5.52. The summed E-state index contributed by atoms with van der Waals surface area (Å²) in [6.45, 7) is 5.04. The number of rotatable bonds is 4. The molecule has 1 atom stereocenters. The third kappa shape index (κ3) is 2.62. The van der Waals surface area contributed by atoms with Crippen LogP contribution in [-0.4, -0.2) is 29.2 Å². The molecule has 0 spiro atoms. The Morgan fingerprint density at radius 3 is 3.12 bits per heavy atom. The van der Waals surface area contributed by atoms with Crippen LogP contribution in [0.3, 0.4) is 0 Å². The Labute approximate surface area is 96.8 Å². The summed E-state index contributed by atoms with van der Waals surface area (Å²) >= 11 is 0. The number of likely N-dealkylation sites (N-methyl/N-ethyl adjacent to an activating group) is 1. The van der Waals surface area contributed by atoms with E-state index in [9.17, 15) is 0 Å². The summed E-state index contributed by atoms with van der Waals surface area (Å²) in [6.07, 6.45) is 4.90. The zero-order chi connectivity index (χ0) is 11.4. The first-order valence-corrected chi connectivity index (χ1v) is 6.22. The van der Waals surface area contributed by atoms with Crippen molar-refractivity contribution in [2.24, 2.45) is 5.73 Å². The molecule has 0 aromatic carbocycles. The van der Waals surface area contributed by atoms with E-state index in [-0.39, 0.29) is 0 Å². The van der Waals surface area contributed by atoms with E-state index >= 15 is 0 Å². The summed E-state index contributed by atoms with van der Waals surface area (Å²) in [6, 6.07) is 2.61. The van der Waals surface area contributed by atoms with Gasteiger partial charge in [0.1, 0.15) is 5.76 Å². The van der Waals surface area contributed by atoms with E-state index in [2.05, 4.69) is 17.0 Å². The first-order valence-electron chi connectivity index (χ1n) is 6.22. The lowest BCUT2D eigenvalue weighted by atomic mass is 9.98. The molecule has 1 fully saturated rings. The molecule has 4 heteroatoms. The van der Waals surface area contributed by atoms with Crippen molar-refractivity contribution in [3.8, 4) is 0 Å². The number of piperidine rings is 1. The van der Waals surface area contributed by atoms with Crippen molar-refractivity contribution in [1.29, 1.82) is 0 Å². The van der Waals surface area contributed by atoms with Gasteiger partial charge in [0.2, 0.25) is 0 Å². The monoisotopic (exact) mass is 223 g/mol. The molecule has 1 aliphatic rings. The molecular formula is C12H21N3O. The third-order valence-corrected chi connectivity index (χ3v) is 3.41. The van der Waals surface area contributed by atoms with Crippen molar-refractivity contribution >= 4 is 0 Å². The van der Waals surface area contributed by atoms with Gasteiger partial charge in [-0.1, -0.05) is 18.5 Å². The highest BCUT2D eigenvalue weighted by molar-refractivity contribution is 5.06. The lowest BCUT2D eigenvalue weighted by Crippen LogP contribution is -2.40. The van der Waals surface area contributed by atoms with Gasteiger partial charge in [-0.15, -0.1) is 0 Å². The van der Waals surface area contributed by atoms with Gasteiger partial charge in [-0.05, 0) is 25.9 Å². The summed E-state index contributed by atoms with van der Waals surface area (Å²) in [5.74, 6) is 0.978. The molecule has 1 saturated heterocycles. The van der Waals surface area contributed by atoms with E-state index in [0.29, 0.717) is 12.6 Å². The van der Waals surface area contributed by atoms with E-state index in [1.165, 1.54) is 25.8 Å². The molecule has 2 heterocycles. The molecular weight excluding hydrogens is 202 g/mol. The second-order valence-corrected chi connectivity index (χ2v) is 4.47. The van der Waals surface area contributed by atoms with E-state index in [1.54, 1.807) is 0 Å². The number of hydrogen-bond acceptors (Lipinski definition) is 4. The molecule has 1 unspecified atom stereocenters. The van der Waals surface area contributed by atoms with Crippen LogP contribution in [0.5, 0.6) is 0 Å². The van der Waals surface area contributed by atoms with Gasteiger partial charge >= 0.3 is 0 Å². The minimum Gasteiger partial charge on any atom is -0.361 e. The lowest BCUT2D eigenvalue weighted by molar-refractivity contribution is 0.148. The average molecular weight is 223 g/mol. The van der Waals surface area contributed by atoms with Crippen LogP contribution in [0.1, 0.15) is 37.6 Å². The predicted molar refractivity (Wildman–Crippen MR) is 63.0 cm³/mol. The highest BCUT2D eigenvalue weighted by Crippen LogP contribution is 2.20. The molecule has 0 radical (unpaired) electrons. The first-order chi connectivity index (χ1) is 7.83. The predicted octanol–water partition coefficient (Wildman–Crippen LogP) is 1.55. The molecule has 4 nitrogen and oxygen atoms in total. The van der Waals surface area contributed by atoms with Gasteiger partial charge in [0.15, 0.2) is 0 Å². The van der Waals surface area contributed by atoms with Gasteiger partial charge in [0, 0.05) is 25.1 Å². The Hall–Kier alpha value is -0.870. The Bertz CT molecular complexity index is 324. The fourth-order valence-electron chi connectivity index (χ4n) is 2.49. The Morgan fingerprint density at radius 2 is 2.44 bits per heavy atom. The molecule has 2 N–H and O–H groups in total. The fourth-order valence-corrected chi connectivity index (χ4v) is 2.49. The van der Waals surface area contributed by atoms with Crippen molar-refractivity contribution in [2.45, 2.75) is 45.2 Å². The summed E-state index contributed by atoms with van der Waals surface area (Å²) in [5.41, 5.74) is 6.37. The molecule has 1 aromatic heterocycles. The van der Waals surface area contributed by atoms with Crippen LogP contribution in [0.2, 0.25) is 0 Å². The molecule has 0 amide bonds. The van der Waals surface area contributed by atoms with E-state index in [1.807, 2.05) is 6.07 Å². The van der Waals surface area contributed by atoms with Gasteiger partial charge < -0.3 is 15.2 Å². The van der Waals surface area contributed by atoms with Gasteiger partial charge in [-0.3, -0.25) is 0 Å². The van der Waals surface area contributed by atoms with Crippen molar-refractivity contribution in [3.05, 3.63) is 17.5 Å². The Kier molecular flexibility index (Phi) is 3.96. The topological polar surface area (TPSA) is 55.3 Å². The quantitative estimate of drug-likeness (QED) is 0.841.